The Balaban J connectivity index is 1.81. The summed E-state index contributed by atoms with van der Waals surface area (Å²) in [5.41, 5.74) is -0.0441. The minimum atomic E-state index is -3.83. The Morgan fingerprint density at radius 3 is 2.44 bits per heavy atom. The first kappa shape index (κ1) is 20.0. The lowest BCUT2D eigenvalue weighted by Gasteiger charge is -2.26. The van der Waals surface area contributed by atoms with Crippen molar-refractivity contribution in [3.8, 4) is 0 Å². The largest absolute Gasteiger partial charge is 0.379 e. The molecule has 1 aliphatic heterocycles. The van der Waals surface area contributed by atoms with Crippen LogP contribution >= 0.6 is 23.2 Å². The molecule has 0 aromatic heterocycles. The van der Waals surface area contributed by atoms with Crippen molar-refractivity contribution in [3.63, 3.8) is 0 Å². The topological polar surface area (TPSA) is 75.7 Å². The lowest BCUT2D eigenvalue weighted by atomic mass is 10.2. The van der Waals surface area contributed by atoms with Crippen LogP contribution in [0.3, 0.4) is 0 Å². The number of rotatable bonds is 4. The average Bonchev–Trinajstić information content (AvgIpc) is 2.64. The number of ether oxygens (including phenoxy) is 1. The van der Waals surface area contributed by atoms with E-state index in [-0.39, 0.29) is 47.5 Å². The van der Waals surface area contributed by atoms with E-state index >= 15 is 0 Å². The summed E-state index contributed by atoms with van der Waals surface area (Å²) in [5.74, 6) is -1.51. The number of nitrogens with zero attached hydrogens (tertiary/aromatic N) is 1. The van der Waals surface area contributed by atoms with Gasteiger partial charge in [0.1, 0.15) is 5.82 Å². The maximum atomic E-state index is 14.4. The van der Waals surface area contributed by atoms with Crippen molar-refractivity contribution in [2.75, 3.05) is 31.6 Å². The van der Waals surface area contributed by atoms with E-state index in [1.54, 1.807) is 0 Å². The molecule has 1 heterocycles. The summed E-state index contributed by atoms with van der Waals surface area (Å²) in [7, 11) is -3.83. The number of morpholine rings is 1. The van der Waals surface area contributed by atoms with E-state index in [9.17, 15) is 17.6 Å². The Labute approximate surface area is 165 Å². The summed E-state index contributed by atoms with van der Waals surface area (Å²) >= 11 is 11.8. The molecule has 2 aromatic carbocycles. The summed E-state index contributed by atoms with van der Waals surface area (Å²) in [6, 6.07) is 7.61. The number of amides is 1. The second kappa shape index (κ2) is 8.12. The molecular weight excluding hydrogens is 418 g/mol. The zero-order valence-corrected chi connectivity index (χ0v) is 16.2. The van der Waals surface area contributed by atoms with Crippen molar-refractivity contribution in [1.29, 1.82) is 0 Å². The highest BCUT2D eigenvalue weighted by atomic mass is 35.5. The fourth-order valence-corrected chi connectivity index (χ4v) is 4.47. The first-order chi connectivity index (χ1) is 12.8. The number of hydrogen-bond donors (Lipinski definition) is 1. The Morgan fingerprint density at radius 1 is 1.11 bits per heavy atom. The lowest BCUT2D eigenvalue weighted by Crippen LogP contribution is -2.40. The van der Waals surface area contributed by atoms with Crippen LogP contribution in [0, 0.1) is 5.82 Å². The van der Waals surface area contributed by atoms with Crippen molar-refractivity contribution in [2.45, 2.75) is 4.90 Å². The van der Waals surface area contributed by atoms with Gasteiger partial charge < -0.3 is 10.1 Å². The molecule has 1 amide bonds. The molecule has 1 aliphatic rings. The normalized spacial score (nSPS) is 15.5. The van der Waals surface area contributed by atoms with Gasteiger partial charge in [0, 0.05) is 18.1 Å². The van der Waals surface area contributed by atoms with Crippen LogP contribution in [0.4, 0.5) is 10.1 Å². The smallest absolute Gasteiger partial charge is 0.257 e. The van der Waals surface area contributed by atoms with Gasteiger partial charge in [0.05, 0.1) is 34.4 Å². The second-order valence-corrected chi connectivity index (χ2v) is 8.52. The predicted octanol–water partition coefficient (Wildman–Crippen LogP) is 3.41. The SMILES string of the molecule is O=C(Nc1ccc(S(=O)(=O)N2CCOCC2)cc1F)c1ccc(Cl)cc1Cl. The van der Waals surface area contributed by atoms with Gasteiger partial charge in [-0.3, -0.25) is 4.79 Å². The van der Waals surface area contributed by atoms with Gasteiger partial charge in [0.2, 0.25) is 10.0 Å². The maximum absolute atomic E-state index is 14.4. The fraction of sp³-hybridized carbons (Fsp3) is 0.235. The molecule has 144 valence electrons. The van der Waals surface area contributed by atoms with Crippen LogP contribution < -0.4 is 5.32 Å². The molecule has 3 rings (SSSR count). The number of benzene rings is 2. The van der Waals surface area contributed by atoms with Gasteiger partial charge in [-0.1, -0.05) is 23.2 Å². The average molecular weight is 433 g/mol. The molecule has 1 fully saturated rings. The minimum Gasteiger partial charge on any atom is -0.379 e. The van der Waals surface area contributed by atoms with Gasteiger partial charge in [-0.2, -0.15) is 4.31 Å². The van der Waals surface area contributed by atoms with Gasteiger partial charge in [-0.05, 0) is 36.4 Å². The molecule has 0 atom stereocenters. The Bertz CT molecular complexity index is 979. The molecule has 6 nitrogen and oxygen atoms in total. The van der Waals surface area contributed by atoms with Gasteiger partial charge in [0.15, 0.2) is 0 Å². The summed E-state index contributed by atoms with van der Waals surface area (Å²) < 4.78 is 45.9. The number of halogens is 3. The maximum Gasteiger partial charge on any atom is 0.257 e. The summed E-state index contributed by atoms with van der Waals surface area (Å²) in [4.78, 5) is 12.1. The molecule has 27 heavy (non-hydrogen) atoms. The molecule has 0 aliphatic carbocycles. The van der Waals surface area contributed by atoms with Crippen molar-refractivity contribution in [3.05, 3.63) is 57.8 Å². The second-order valence-electron chi connectivity index (χ2n) is 5.74. The number of carbonyl (C=O) groups is 1. The van der Waals surface area contributed by atoms with Gasteiger partial charge in [-0.25, -0.2) is 12.8 Å². The van der Waals surface area contributed by atoms with Crippen LogP contribution in [-0.2, 0) is 14.8 Å². The zero-order chi connectivity index (χ0) is 19.6. The highest BCUT2D eigenvalue weighted by Gasteiger charge is 2.27. The van der Waals surface area contributed by atoms with E-state index in [0.717, 1.165) is 6.07 Å². The van der Waals surface area contributed by atoms with E-state index in [4.69, 9.17) is 27.9 Å². The Kier molecular flexibility index (Phi) is 6.02. The molecule has 1 saturated heterocycles. The van der Waals surface area contributed by atoms with Gasteiger partial charge in [-0.15, -0.1) is 0 Å². The Morgan fingerprint density at radius 2 is 1.81 bits per heavy atom. The number of sulfonamides is 1. The standard InChI is InChI=1S/C17H15Cl2FN2O4S/c18-11-1-3-13(14(19)9-11)17(23)21-16-4-2-12(10-15(16)20)27(24,25)22-5-7-26-8-6-22/h1-4,9-10H,5-8H2,(H,21,23). The van der Waals surface area contributed by atoms with Crippen LogP contribution in [-0.4, -0.2) is 44.9 Å². The van der Waals surface area contributed by atoms with E-state index in [0.29, 0.717) is 5.02 Å². The minimum absolute atomic E-state index is 0.116. The van der Waals surface area contributed by atoms with Crippen molar-refractivity contribution in [1.82, 2.24) is 4.31 Å². The molecule has 0 radical (unpaired) electrons. The van der Waals surface area contributed by atoms with E-state index in [2.05, 4.69) is 5.32 Å². The number of carbonyl (C=O) groups excluding carboxylic acids is 1. The summed E-state index contributed by atoms with van der Waals surface area (Å²) in [6.07, 6.45) is 0. The highest BCUT2D eigenvalue weighted by Crippen LogP contribution is 2.25. The van der Waals surface area contributed by atoms with Crippen molar-refractivity contribution in [2.24, 2.45) is 0 Å². The number of hydrogen-bond acceptors (Lipinski definition) is 4. The zero-order valence-electron chi connectivity index (χ0n) is 13.9. The third-order valence-electron chi connectivity index (χ3n) is 3.97. The molecule has 0 spiro atoms. The number of nitrogens with one attached hydrogen (secondary N) is 1. The molecule has 2 aromatic rings. The van der Waals surface area contributed by atoms with Gasteiger partial charge in [0.25, 0.3) is 5.91 Å². The Hall–Kier alpha value is -1.71. The highest BCUT2D eigenvalue weighted by molar-refractivity contribution is 7.89. The molecule has 10 heteroatoms. The quantitative estimate of drug-likeness (QED) is 0.802. The summed E-state index contributed by atoms with van der Waals surface area (Å²) in [6.45, 7) is 0.990. The van der Waals surface area contributed by atoms with Crippen LogP contribution in [0.2, 0.25) is 10.0 Å². The molecular formula is C17H15Cl2FN2O4S. The van der Waals surface area contributed by atoms with Crippen LogP contribution in [0.5, 0.6) is 0 Å². The van der Waals surface area contributed by atoms with Crippen LogP contribution in [0.1, 0.15) is 10.4 Å². The third kappa shape index (κ3) is 4.41. The monoisotopic (exact) mass is 432 g/mol. The number of anilines is 1. The summed E-state index contributed by atoms with van der Waals surface area (Å²) in [5, 5.41) is 2.85. The predicted molar refractivity (Wildman–Crippen MR) is 100 cm³/mol. The molecule has 0 saturated carbocycles. The molecule has 0 bridgehead atoms. The van der Waals surface area contributed by atoms with E-state index in [1.807, 2.05) is 0 Å². The lowest BCUT2D eigenvalue weighted by molar-refractivity contribution is 0.0730. The van der Waals surface area contributed by atoms with Crippen LogP contribution in [0.15, 0.2) is 41.3 Å². The van der Waals surface area contributed by atoms with E-state index < -0.39 is 21.7 Å². The molecule has 1 N–H and O–H groups in total. The first-order valence-electron chi connectivity index (χ1n) is 7.93. The van der Waals surface area contributed by atoms with E-state index in [1.165, 1.54) is 34.6 Å². The first-order valence-corrected chi connectivity index (χ1v) is 10.1. The fourth-order valence-electron chi connectivity index (χ4n) is 2.56. The van der Waals surface area contributed by atoms with Crippen molar-refractivity contribution >= 4 is 44.8 Å². The third-order valence-corrected chi connectivity index (χ3v) is 6.41. The van der Waals surface area contributed by atoms with Crippen molar-refractivity contribution < 1.29 is 22.3 Å². The molecule has 0 unspecified atom stereocenters. The van der Waals surface area contributed by atoms with Crippen LogP contribution in [0.25, 0.3) is 0 Å². The van der Waals surface area contributed by atoms with Gasteiger partial charge >= 0.3 is 0 Å².